The number of ether oxygens (including phenoxy) is 1. The average molecular weight is 629 g/mol. The molecule has 2 atom stereocenters. The predicted octanol–water partition coefficient (Wildman–Crippen LogP) is 5.98. The number of carbonyl (C=O) groups excluding carboxylic acids is 4. The quantitative estimate of drug-likeness (QED) is 0.136. The molecule has 0 spiro atoms. The van der Waals surface area contributed by atoms with Gasteiger partial charge in [-0.3, -0.25) is 24.2 Å². The molecule has 212 valence electrons. The zero-order valence-corrected chi connectivity index (χ0v) is 24.4. The average Bonchev–Trinajstić information content (AvgIpc) is 3.29. The number of hydrogen-bond donors (Lipinski definition) is 0. The summed E-state index contributed by atoms with van der Waals surface area (Å²) in [5.41, 5.74) is -1.09. The van der Waals surface area contributed by atoms with Crippen molar-refractivity contribution < 1.29 is 28.3 Å². The third-order valence-electron chi connectivity index (χ3n) is 7.47. The number of fused-ring (bicyclic) bond motifs is 1. The Labute approximate surface area is 250 Å². The van der Waals surface area contributed by atoms with Crippen LogP contribution in [0.4, 0.5) is 4.39 Å². The first kappa shape index (κ1) is 28.9. The summed E-state index contributed by atoms with van der Waals surface area (Å²) in [6.07, 6.45) is 0. The molecule has 42 heavy (non-hydrogen) atoms. The van der Waals surface area contributed by atoms with Crippen molar-refractivity contribution in [2.45, 2.75) is 24.9 Å². The van der Waals surface area contributed by atoms with Crippen LogP contribution in [0.3, 0.4) is 0 Å². The van der Waals surface area contributed by atoms with Crippen molar-refractivity contribution in [1.82, 2.24) is 9.80 Å². The molecular formula is C33H26BrFN2O5. The van der Waals surface area contributed by atoms with E-state index in [1.165, 1.54) is 43.3 Å². The first-order valence-corrected chi connectivity index (χ1v) is 13.9. The molecule has 0 fully saturated rings. The molecule has 5 rings (SSSR count). The van der Waals surface area contributed by atoms with E-state index in [0.29, 0.717) is 14.9 Å². The lowest BCUT2D eigenvalue weighted by Gasteiger charge is -2.42. The predicted molar refractivity (Wildman–Crippen MR) is 157 cm³/mol. The molecule has 9 heteroatoms. The second-order valence-electron chi connectivity index (χ2n) is 9.98. The highest BCUT2D eigenvalue weighted by atomic mass is 79.9. The van der Waals surface area contributed by atoms with E-state index in [0.717, 1.165) is 11.9 Å². The molecule has 1 unspecified atom stereocenters. The number of halogens is 2. The first-order chi connectivity index (χ1) is 20.1. The summed E-state index contributed by atoms with van der Waals surface area (Å²) in [5.74, 6) is -6.86. The third-order valence-corrected chi connectivity index (χ3v) is 8.00. The second kappa shape index (κ2) is 11.3. The van der Waals surface area contributed by atoms with Crippen molar-refractivity contribution in [2.24, 2.45) is 0 Å². The van der Waals surface area contributed by atoms with Crippen molar-refractivity contribution in [3.63, 3.8) is 0 Å². The molecule has 0 saturated carbocycles. The zero-order chi connectivity index (χ0) is 30.1. The van der Waals surface area contributed by atoms with E-state index in [2.05, 4.69) is 15.9 Å². The SMILES string of the molecule is CN(C(=O)C(C)(c1ccc(Br)cc1)N1C(=O)c2ccccc2C1=O)[C@](F)(C(=O)OCc1ccccc1)c1ccccc1. The highest BCUT2D eigenvalue weighted by Crippen LogP contribution is 2.41. The van der Waals surface area contributed by atoms with Gasteiger partial charge in [0, 0.05) is 17.1 Å². The maximum Gasteiger partial charge on any atom is 0.370 e. The van der Waals surface area contributed by atoms with Crippen LogP contribution in [0.1, 0.15) is 44.3 Å². The lowest BCUT2D eigenvalue weighted by Crippen LogP contribution is -2.61. The van der Waals surface area contributed by atoms with E-state index in [-0.39, 0.29) is 28.9 Å². The Morgan fingerprint density at radius 2 is 1.29 bits per heavy atom. The number of benzene rings is 4. The summed E-state index contributed by atoms with van der Waals surface area (Å²) >= 11 is 3.36. The van der Waals surface area contributed by atoms with Crippen LogP contribution >= 0.6 is 15.9 Å². The molecule has 0 aliphatic carbocycles. The molecule has 0 bridgehead atoms. The summed E-state index contributed by atoms with van der Waals surface area (Å²) in [7, 11) is 1.12. The molecular weight excluding hydrogens is 603 g/mol. The van der Waals surface area contributed by atoms with E-state index in [1.807, 2.05) is 0 Å². The van der Waals surface area contributed by atoms with Crippen LogP contribution in [0.5, 0.6) is 0 Å². The summed E-state index contributed by atoms with van der Waals surface area (Å²) in [6, 6.07) is 28.8. The van der Waals surface area contributed by atoms with Gasteiger partial charge in [-0.2, -0.15) is 0 Å². The highest BCUT2D eigenvalue weighted by molar-refractivity contribution is 9.10. The molecule has 3 amide bonds. The standard InChI is InChI=1S/C33H26BrFN2O5/c1-32(23-17-19-25(34)20-18-23,37-28(38)26-15-9-10-16-27(26)29(37)39)30(40)36(2)33(35,24-13-7-4-8-14-24)31(41)42-21-22-11-5-3-6-12-22/h3-20H,21H2,1-2H3/t32?,33-/m0/s1. The number of nitrogens with zero attached hydrogens (tertiary/aromatic N) is 2. The minimum atomic E-state index is -3.11. The van der Waals surface area contributed by atoms with Gasteiger partial charge >= 0.3 is 11.8 Å². The van der Waals surface area contributed by atoms with Gasteiger partial charge in [0.15, 0.2) is 5.54 Å². The van der Waals surface area contributed by atoms with E-state index in [9.17, 15) is 19.2 Å². The summed E-state index contributed by atoms with van der Waals surface area (Å²) in [5, 5.41) is 0. The molecule has 0 aromatic heterocycles. The first-order valence-electron chi connectivity index (χ1n) is 13.1. The number of carbonyl (C=O) groups is 4. The summed E-state index contributed by atoms with van der Waals surface area (Å²) in [4.78, 5) is 57.0. The van der Waals surface area contributed by atoms with Gasteiger partial charge in [-0.1, -0.05) is 101 Å². The number of imide groups is 1. The van der Waals surface area contributed by atoms with Crippen LogP contribution in [0.25, 0.3) is 0 Å². The van der Waals surface area contributed by atoms with Crippen molar-refractivity contribution in [2.75, 3.05) is 7.05 Å². The van der Waals surface area contributed by atoms with Gasteiger partial charge < -0.3 is 4.74 Å². The molecule has 1 aliphatic rings. The Kier molecular flexibility index (Phi) is 7.79. The largest absolute Gasteiger partial charge is 0.457 e. The van der Waals surface area contributed by atoms with Crippen LogP contribution in [0.2, 0.25) is 0 Å². The van der Waals surface area contributed by atoms with Crippen LogP contribution in [-0.4, -0.2) is 40.5 Å². The molecule has 0 radical (unpaired) electrons. The Hall–Kier alpha value is -4.63. The van der Waals surface area contributed by atoms with Gasteiger partial charge in [0.25, 0.3) is 17.7 Å². The minimum Gasteiger partial charge on any atom is -0.457 e. The van der Waals surface area contributed by atoms with Gasteiger partial charge in [0.1, 0.15) is 6.61 Å². The smallest absolute Gasteiger partial charge is 0.370 e. The summed E-state index contributed by atoms with van der Waals surface area (Å²) < 4.78 is 23.4. The molecule has 1 aliphatic heterocycles. The van der Waals surface area contributed by atoms with Crippen LogP contribution in [-0.2, 0) is 32.3 Å². The fourth-order valence-corrected chi connectivity index (χ4v) is 5.38. The highest BCUT2D eigenvalue weighted by Gasteiger charge is 2.58. The Morgan fingerprint density at radius 3 is 1.83 bits per heavy atom. The van der Waals surface area contributed by atoms with Crippen molar-refractivity contribution in [1.29, 1.82) is 0 Å². The van der Waals surface area contributed by atoms with Crippen molar-refractivity contribution in [3.05, 3.63) is 141 Å². The molecule has 0 saturated heterocycles. The van der Waals surface area contributed by atoms with E-state index >= 15 is 4.39 Å². The Morgan fingerprint density at radius 1 is 0.786 bits per heavy atom. The second-order valence-corrected chi connectivity index (χ2v) is 10.9. The van der Waals surface area contributed by atoms with Gasteiger partial charge in [-0.05, 0) is 42.3 Å². The molecule has 7 nitrogen and oxygen atoms in total. The van der Waals surface area contributed by atoms with Gasteiger partial charge in [0.2, 0.25) is 0 Å². The van der Waals surface area contributed by atoms with Crippen molar-refractivity contribution >= 4 is 39.6 Å². The Bertz CT molecular complexity index is 1630. The molecule has 0 N–H and O–H groups in total. The van der Waals surface area contributed by atoms with Crippen LogP contribution < -0.4 is 0 Å². The molecule has 1 heterocycles. The minimum absolute atomic E-state index is 0.123. The van der Waals surface area contributed by atoms with Crippen LogP contribution in [0.15, 0.2) is 114 Å². The zero-order valence-electron chi connectivity index (χ0n) is 22.8. The van der Waals surface area contributed by atoms with Crippen LogP contribution in [0, 0.1) is 0 Å². The Balaban J connectivity index is 1.61. The van der Waals surface area contributed by atoms with Gasteiger partial charge in [-0.15, -0.1) is 0 Å². The monoisotopic (exact) mass is 628 g/mol. The lowest BCUT2D eigenvalue weighted by molar-refractivity contribution is -0.183. The van der Waals surface area contributed by atoms with Gasteiger partial charge in [-0.25, -0.2) is 9.18 Å². The van der Waals surface area contributed by atoms with E-state index in [1.54, 1.807) is 72.8 Å². The van der Waals surface area contributed by atoms with E-state index < -0.39 is 35.0 Å². The van der Waals surface area contributed by atoms with Gasteiger partial charge in [0.05, 0.1) is 11.1 Å². The maximum atomic E-state index is 17.4. The lowest BCUT2D eigenvalue weighted by atomic mass is 9.87. The fourth-order valence-electron chi connectivity index (χ4n) is 5.11. The molecule has 4 aromatic carbocycles. The number of alkyl halides is 1. The number of likely N-dealkylation sites (N-methyl/N-ethyl adjacent to an activating group) is 1. The number of esters is 1. The maximum absolute atomic E-state index is 17.4. The molecule has 4 aromatic rings. The number of rotatable bonds is 8. The number of hydrogen-bond acceptors (Lipinski definition) is 5. The normalized spacial score (nSPS) is 15.4. The van der Waals surface area contributed by atoms with Crippen molar-refractivity contribution in [3.8, 4) is 0 Å². The fraction of sp³-hybridized carbons (Fsp3) is 0.152. The topological polar surface area (TPSA) is 84.0 Å². The third kappa shape index (κ3) is 4.79. The summed E-state index contributed by atoms with van der Waals surface area (Å²) in [6.45, 7) is 1.14. The number of amides is 3. The van der Waals surface area contributed by atoms with E-state index in [4.69, 9.17) is 4.74 Å².